The van der Waals surface area contributed by atoms with Crippen molar-refractivity contribution in [2.75, 3.05) is 0 Å². The van der Waals surface area contributed by atoms with Crippen LogP contribution in [0.15, 0.2) is 11.0 Å². The normalized spacial score (nSPS) is 11.7. The molecule has 0 bridgehead atoms. The zero-order valence-corrected chi connectivity index (χ0v) is 6.06. The summed E-state index contributed by atoms with van der Waals surface area (Å²) in [5.41, 5.74) is 1.67. The number of halogens is 3. The van der Waals surface area contributed by atoms with Gasteiger partial charge in [0.1, 0.15) is 0 Å². The molecule has 0 aliphatic carbocycles. The fourth-order valence-corrected chi connectivity index (χ4v) is 0.429. The van der Waals surface area contributed by atoms with E-state index in [9.17, 15) is 0 Å². The Morgan fingerprint density at radius 3 is 2.00 bits per heavy atom. The van der Waals surface area contributed by atoms with Crippen LogP contribution in [0.25, 0.3) is 0 Å². The summed E-state index contributed by atoms with van der Waals surface area (Å²) in [7, 11) is 0. The Hall–Kier alpha value is 0.675. The van der Waals surface area contributed by atoms with Crippen molar-refractivity contribution < 1.29 is 0 Å². The summed E-state index contributed by atoms with van der Waals surface area (Å²) in [6.07, 6.45) is 0. The van der Waals surface area contributed by atoms with Gasteiger partial charge in [-0.25, -0.2) is 0 Å². The van der Waals surface area contributed by atoms with Crippen LogP contribution in [-0.4, -0.2) is 5.54 Å². The molecule has 7 heavy (non-hydrogen) atoms. The average Bonchev–Trinajstić information content (AvgIpc) is 1.65. The van der Waals surface area contributed by atoms with E-state index in [0.717, 1.165) is 5.47 Å². The maximum atomic E-state index is 5.34. The number of hydrogen-bond donors (Lipinski definition) is 0. The molecule has 4 heteroatoms. The van der Waals surface area contributed by atoms with Gasteiger partial charge >= 0.3 is 5.54 Å². The van der Waals surface area contributed by atoms with Crippen molar-refractivity contribution >= 4 is 40.1 Å². The summed E-state index contributed by atoms with van der Waals surface area (Å²) in [4.78, 5) is 0. The first-order chi connectivity index (χ1) is 3.18. The van der Waals surface area contributed by atoms with Gasteiger partial charge in [0.25, 0.3) is 0 Å². The van der Waals surface area contributed by atoms with Gasteiger partial charge in [-0.1, -0.05) is 17.1 Å². The van der Waals surface area contributed by atoms with Gasteiger partial charge in [0.05, 0.1) is 0 Å². The molecule has 0 saturated carbocycles. The predicted octanol–water partition coefficient (Wildman–Crippen LogP) is 2.63. The topological polar surface area (TPSA) is 0 Å². The largest absolute Gasteiger partial charge is 0.379 e. The molecule has 0 spiro atoms. The predicted molar refractivity (Wildman–Crippen MR) is 37.1 cm³/mol. The lowest BCUT2D eigenvalue weighted by Gasteiger charge is -1.89. The number of hydrogen-bond acceptors (Lipinski definition) is 0. The van der Waals surface area contributed by atoms with Crippen molar-refractivity contribution in [3.8, 4) is 0 Å². The van der Waals surface area contributed by atoms with Crippen LogP contribution in [-0.2, 0) is 0 Å². The van der Waals surface area contributed by atoms with E-state index in [1.165, 1.54) is 5.54 Å². The molecular formula is C3H4BCl3. The molecule has 0 heterocycles. The highest BCUT2D eigenvalue weighted by molar-refractivity contribution is 7.37. The van der Waals surface area contributed by atoms with Gasteiger partial charge in [-0.3, -0.25) is 0 Å². The Bertz CT molecular complexity index is 78.2. The van der Waals surface area contributed by atoms with Gasteiger partial charge < -0.3 is 0 Å². The van der Waals surface area contributed by atoms with Crippen LogP contribution < -0.4 is 0 Å². The van der Waals surface area contributed by atoms with Crippen molar-refractivity contribution in [2.24, 2.45) is 0 Å². The van der Waals surface area contributed by atoms with E-state index >= 15 is 0 Å². The Labute approximate surface area is 58.3 Å². The van der Waals surface area contributed by atoms with Crippen LogP contribution in [0.4, 0.5) is 0 Å². The summed E-state index contributed by atoms with van der Waals surface area (Å²) in [5, 5.41) is 0. The highest BCUT2D eigenvalue weighted by atomic mass is 35.5. The Morgan fingerprint density at radius 1 is 1.57 bits per heavy atom. The minimum absolute atomic E-state index is 0.461. The van der Waals surface area contributed by atoms with E-state index in [1.807, 2.05) is 0 Å². The zero-order chi connectivity index (χ0) is 5.86. The Kier molecular flexibility index (Phi) is 4.00. The lowest BCUT2D eigenvalue weighted by atomic mass is 9.97. The molecule has 0 radical (unpaired) electrons. The second kappa shape index (κ2) is 3.65. The fraction of sp³-hybridized carbons (Fsp3) is 0.333. The SMILES string of the molecule is C/C(=C\Cl)B(Cl)Cl. The molecule has 0 rings (SSSR count). The van der Waals surface area contributed by atoms with E-state index in [-0.39, 0.29) is 0 Å². The van der Waals surface area contributed by atoms with Gasteiger partial charge in [0.2, 0.25) is 0 Å². The fourth-order valence-electron chi connectivity index (χ4n) is 0.0476. The molecule has 0 aromatic heterocycles. The lowest BCUT2D eigenvalue weighted by molar-refractivity contribution is 1.69. The van der Waals surface area contributed by atoms with Crippen LogP contribution in [0, 0.1) is 0 Å². The molecule has 0 aromatic rings. The van der Waals surface area contributed by atoms with Crippen LogP contribution >= 0.6 is 34.5 Å². The van der Waals surface area contributed by atoms with E-state index in [1.54, 1.807) is 6.92 Å². The summed E-state index contributed by atoms with van der Waals surface area (Å²) in [6.45, 7) is 1.76. The van der Waals surface area contributed by atoms with Gasteiger partial charge in [-0.05, 0) is 12.5 Å². The smallest absolute Gasteiger partial charge is 0.165 e. The molecule has 0 nitrogen and oxygen atoms in total. The monoisotopic (exact) mass is 156 g/mol. The van der Waals surface area contributed by atoms with Crippen LogP contribution in [0.3, 0.4) is 0 Å². The number of rotatable bonds is 1. The van der Waals surface area contributed by atoms with Crippen molar-refractivity contribution in [1.29, 1.82) is 0 Å². The van der Waals surface area contributed by atoms with Gasteiger partial charge in [0.15, 0.2) is 0 Å². The molecule has 0 unspecified atom stereocenters. The molecular weight excluding hydrogens is 153 g/mol. The third-order valence-corrected chi connectivity index (χ3v) is 1.55. The summed E-state index contributed by atoms with van der Waals surface area (Å²) in [5.74, 6) is 0. The average molecular weight is 157 g/mol. The Morgan fingerprint density at radius 2 is 2.00 bits per heavy atom. The molecule has 0 fully saturated rings. The van der Waals surface area contributed by atoms with Crippen molar-refractivity contribution in [3.63, 3.8) is 0 Å². The molecule has 40 valence electrons. The van der Waals surface area contributed by atoms with E-state index in [2.05, 4.69) is 0 Å². The lowest BCUT2D eigenvalue weighted by Crippen LogP contribution is -1.92. The molecule has 0 amide bonds. The highest BCUT2D eigenvalue weighted by Gasteiger charge is 2.05. The van der Waals surface area contributed by atoms with Crippen LogP contribution in [0.5, 0.6) is 0 Å². The van der Waals surface area contributed by atoms with E-state index in [4.69, 9.17) is 34.5 Å². The molecule has 0 aliphatic rings. The summed E-state index contributed by atoms with van der Waals surface area (Å²) in [6, 6.07) is 0. The Balaban J connectivity index is 3.56. The van der Waals surface area contributed by atoms with Gasteiger partial charge in [-0.15, -0.1) is 0 Å². The maximum absolute atomic E-state index is 5.34. The van der Waals surface area contributed by atoms with Crippen molar-refractivity contribution in [3.05, 3.63) is 11.0 Å². The summed E-state index contributed by atoms with van der Waals surface area (Å²) >= 11 is 15.9. The van der Waals surface area contributed by atoms with Gasteiger partial charge in [0, 0.05) is 0 Å². The molecule has 0 aromatic carbocycles. The van der Waals surface area contributed by atoms with E-state index < -0.39 is 5.54 Å². The first-order valence-corrected chi connectivity index (χ1v) is 3.04. The standard InChI is InChI=1S/C3H4BCl3/c1-3(2-5)4(6)7/h2H,1H3/b3-2+. The molecule has 0 aliphatic heterocycles. The quantitative estimate of drug-likeness (QED) is 0.513. The molecule has 0 saturated heterocycles. The summed E-state index contributed by atoms with van der Waals surface area (Å²) < 4.78 is 0. The molecule has 0 N–H and O–H groups in total. The van der Waals surface area contributed by atoms with Crippen LogP contribution in [0.2, 0.25) is 0 Å². The van der Waals surface area contributed by atoms with Crippen molar-refractivity contribution in [1.82, 2.24) is 0 Å². The first-order valence-electron chi connectivity index (χ1n) is 1.73. The second-order valence-electron chi connectivity index (χ2n) is 1.15. The molecule has 0 atom stereocenters. The highest BCUT2D eigenvalue weighted by Crippen LogP contribution is 2.08. The maximum Gasteiger partial charge on any atom is 0.379 e. The second-order valence-corrected chi connectivity index (χ2v) is 2.47. The zero-order valence-electron chi connectivity index (χ0n) is 3.79. The van der Waals surface area contributed by atoms with E-state index in [0.29, 0.717) is 0 Å². The van der Waals surface area contributed by atoms with Gasteiger partial charge in [-0.2, -0.15) is 22.9 Å². The third-order valence-electron chi connectivity index (χ3n) is 0.516. The first kappa shape index (κ1) is 7.67. The third kappa shape index (κ3) is 3.27. The minimum Gasteiger partial charge on any atom is -0.165 e. The number of allylic oxidation sites excluding steroid dienone is 1. The van der Waals surface area contributed by atoms with Crippen LogP contribution in [0.1, 0.15) is 6.92 Å². The minimum atomic E-state index is -0.461. The van der Waals surface area contributed by atoms with Crippen molar-refractivity contribution in [2.45, 2.75) is 6.92 Å².